The highest BCUT2D eigenvalue weighted by Gasteiger charge is 2.46. The van der Waals surface area contributed by atoms with E-state index in [2.05, 4.69) is 0 Å². The highest BCUT2D eigenvalue weighted by Crippen LogP contribution is 2.38. The van der Waals surface area contributed by atoms with Crippen LogP contribution in [0.1, 0.15) is 25.8 Å². The van der Waals surface area contributed by atoms with Crippen molar-refractivity contribution in [3.05, 3.63) is 47.2 Å². The average Bonchev–Trinajstić information content (AvgIpc) is 3.07. The Morgan fingerprint density at radius 2 is 2.08 bits per heavy atom. The van der Waals surface area contributed by atoms with Crippen LogP contribution < -0.4 is 0 Å². The third-order valence-electron chi connectivity index (χ3n) is 4.54. The minimum Gasteiger partial charge on any atom is -0.491 e. The zero-order valence-electron chi connectivity index (χ0n) is 14.5. The first kappa shape index (κ1) is 17.9. The van der Waals surface area contributed by atoms with E-state index >= 15 is 0 Å². The first-order valence-electron chi connectivity index (χ1n) is 8.59. The Kier molecular flexibility index (Phi) is 5.73. The Labute approximate surface area is 147 Å². The van der Waals surface area contributed by atoms with E-state index in [9.17, 15) is 9.90 Å². The lowest BCUT2D eigenvalue weighted by atomic mass is 9.94. The summed E-state index contributed by atoms with van der Waals surface area (Å²) in [6, 6.07) is 9.71. The van der Waals surface area contributed by atoms with E-state index in [0.717, 1.165) is 5.56 Å². The fourth-order valence-electron chi connectivity index (χ4n) is 3.13. The number of allylic oxidation sites excluding steroid dienone is 1. The molecule has 0 amide bonds. The van der Waals surface area contributed by atoms with Crippen LogP contribution in [0.3, 0.4) is 0 Å². The molecular formula is C19H24O6. The van der Waals surface area contributed by atoms with Crippen molar-refractivity contribution in [3.63, 3.8) is 0 Å². The molecule has 0 bridgehead atoms. The van der Waals surface area contributed by atoms with Crippen LogP contribution in [0.15, 0.2) is 41.7 Å². The van der Waals surface area contributed by atoms with Gasteiger partial charge < -0.3 is 24.1 Å². The lowest BCUT2D eigenvalue weighted by molar-refractivity contribution is -0.255. The second kappa shape index (κ2) is 7.99. The van der Waals surface area contributed by atoms with Crippen LogP contribution in [0.4, 0.5) is 0 Å². The van der Waals surface area contributed by atoms with Crippen molar-refractivity contribution < 1.29 is 28.8 Å². The molecule has 0 unspecified atom stereocenters. The van der Waals surface area contributed by atoms with Gasteiger partial charge >= 0.3 is 5.97 Å². The van der Waals surface area contributed by atoms with Crippen molar-refractivity contribution >= 4 is 5.97 Å². The van der Waals surface area contributed by atoms with Crippen LogP contribution in [0.25, 0.3) is 0 Å². The normalized spacial score (nSPS) is 30.4. The molecule has 1 N–H and O–H groups in total. The maximum atomic E-state index is 11.9. The number of carbonyl (C=O) groups is 1. The van der Waals surface area contributed by atoms with Crippen molar-refractivity contribution in [2.75, 3.05) is 13.2 Å². The van der Waals surface area contributed by atoms with Crippen LogP contribution in [0.5, 0.6) is 0 Å². The summed E-state index contributed by atoms with van der Waals surface area (Å²) in [6.45, 7) is 4.53. The molecule has 3 rings (SSSR count). The van der Waals surface area contributed by atoms with Gasteiger partial charge in [-0.3, -0.25) is 0 Å². The number of carbonyl (C=O) groups excluding carboxylic acids is 1. The molecule has 0 radical (unpaired) electrons. The summed E-state index contributed by atoms with van der Waals surface area (Å²) in [5.41, 5.74) is 1.46. The molecule has 1 aromatic rings. The fourth-order valence-corrected chi connectivity index (χ4v) is 3.13. The second-order valence-corrected chi connectivity index (χ2v) is 6.30. The van der Waals surface area contributed by atoms with Gasteiger partial charge in [0.2, 0.25) is 0 Å². The van der Waals surface area contributed by atoms with Crippen LogP contribution in [-0.4, -0.2) is 42.8 Å². The Bertz CT molecular complexity index is 626. The molecule has 0 aliphatic carbocycles. The van der Waals surface area contributed by atoms with E-state index in [1.807, 2.05) is 30.3 Å². The largest absolute Gasteiger partial charge is 0.491 e. The number of hydrogen-bond acceptors (Lipinski definition) is 6. The number of aliphatic hydroxyl groups excluding tert-OH is 1. The molecule has 0 saturated carbocycles. The number of hydrogen-bond donors (Lipinski definition) is 1. The third kappa shape index (κ3) is 4.03. The summed E-state index contributed by atoms with van der Waals surface area (Å²) in [5.74, 6) is 0.189. The van der Waals surface area contributed by atoms with E-state index in [0.29, 0.717) is 37.6 Å². The Morgan fingerprint density at radius 3 is 2.80 bits per heavy atom. The average molecular weight is 348 g/mol. The molecule has 2 aliphatic rings. The van der Waals surface area contributed by atoms with Gasteiger partial charge in [0, 0.05) is 12.3 Å². The number of fused-ring (bicyclic) bond motifs is 1. The molecular weight excluding hydrogens is 324 g/mol. The van der Waals surface area contributed by atoms with E-state index in [1.54, 1.807) is 13.8 Å². The molecule has 2 aliphatic heterocycles. The van der Waals surface area contributed by atoms with Gasteiger partial charge in [-0.2, -0.15) is 0 Å². The fraction of sp³-hybridized carbons (Fsp3) is 0.526. The van der Waals surface area contributed by atoms with Gasteiger partial charge in [-0.25, -0.2) is 4.79 Å². The van der Waals surface area contributed by atoms with Crippen molar-refractivity contribution in [2.24, 2.45) is 5.92 Å². The SMILES string of the molecule is CCOC(=O)/C(C)=C1\C[C@H]2CO[C@H](OCc3ccccc3)[C@H](O)[C@H]2O1. The number of rotatable bonds is 5. The standard InChI is InChI=1S/C19H24O6/c1-3-22-18(21)12(2)15-9-14-11-24-19(16(20)17(14)25-15)23-10-13-7-5-4-6-8-13/h4-8,14,16-17,19-20H,3,9-11H2,1-2H3/b15-12+/t14-,16+,17-,19-/m0/s1. The number of ether oxygens (including phenoxy) is 4. The monoisotopic (exact) mass is 348 g/mol. The van der Waals surface area contributed by atoms with Gasteiger partial charge in [0.25, 0.3) is 0 Å². The molecule has 136 valence electrons. The summed E-state index contributed by atoms with van der Waals surface area (Å²) < 4.78 is 22.2. The molecule has 1 aromatic carbocycles. The number of esters is 1. The molecule has 0 aromatic heterocycles. The van der Waals surface area contributed by atoms with Crippen molar-refractivity contribution in [3.8, 4) is 0 Å². The summed E-state index contributed by atoms with van der Waals surface area (Å²) in [5, 5.41) is 10.5. The third-order valence-corrected chi connectivity index (χ3v) is 4.54. The smallest absolute Gasteiger partial charge is 0.337 e. The Hall–Kier alpha value is -1.89. The summed E-state index contributed by atoms with van der Waals surface area (Å²) in [4.78, 5) is 11.9. The van der Waals surface area contributed by atoms with Crippen LogP contribution in [0, 0.1) is 5.92 Å². The predicted molar refractivity (Wildman–Crippen MR) is 89.3 cm³/mol. The lowest BCUT2D eigenvalue weighted by Crippen LogP contribution is -2.49. The minimum absolute atomic E-state index is 0.00551. The maximum Gasteiger partial charge on any atom is 0.337 e. The molecule has 2 heterocycles. The second-order valence-electron chi connectivity index (χ2n) is 6.30. The number of benzene rings is 1. The summed E-state index contributed by atoms with van der Waals surface area (Å²) in [7, 11) is 0. The molecule has 6 heteroatoms. The molecule has 6 nitrogen and oxygen atoms in total. The lowest BCUT2D eigenvalue weighted by Gasteiger charge is -2.35. The Balaban J connectivity index is 1.61. The first-order valence-corrected chi connectivity index (χ1v) is 8.59. The Morgan fingerprint density at radius 1 is 1.32 bits per heavy atom. The van der Waals surface area contributed by atoms with Crippen molar-refractivity contribution in [1.82, 2.24) is 0 Å². The number of aliphatic hydroxyl groups is 1. The topological polar surface area (TPSA) is 74.2 Å². The van der Waals surface area contributed by atoms with Gasteiger partial charge in [-0.1, -0.05) is 30.3 Å². The zero-order chi connectivity index (χ0) is 17.8. The summed E-state index contributed by atoms with van der Waals surface area (Å²) in [6.07, 6.45) is -1.54. The highest BCUT2D eigenvalue weighted by atomic mass is 16.7. The molecule has 2 saturated heterocycles. The van der Waals surface area contributed by atoms with E-state index < -0.39 is 18.5 Å². The van der Waals surface area contributed by atoms with Gasteiger partial charge in [0.05, 0.1) is 25.4 Å². The molecule has 25 heavy (non-hydrogen) atoms. The highest BCUT2D eigenvalue weighted by molar-refractivity contribution is 5.88. The van der Waals surface area contributed by atoms with E-state index in [4.69, 9.17) is 18.9 Å². The van der Waals surface area contributed by atoms with Gasteiger partial charge in [-0.15, -0.1) is 0 Å². The van der Waals surface area contributed by atoms with Crippen LogP contribution >= 0.6 is 0 Å². The van der Waals surface area contributed by atoms with Crippen LogP contribution in [-0.2, 0) is 30.3 Å². The zero-order valence-corrected chi connectivity index (χ0v) is 14.5. The van der Waals surface area contributed by atoms with Gasteiger partial charge in [-0.05, 0) is 19.4 Å². The van der Waals surface area contributed by atoms with Gasteiger partial charge in [0.15, 0.2) is 6.29 Å². The first-order chi connectivity index (χ1) is 12.1. The minimum atomic E-state index is -0.907. The molecule has 4 atom stereocenters. The van der Waals surface area contributed by atoms with E-state index in [-0.39, 0.29) is 11.9 Å². The summed E-state index contributed by atoms with van der Waals surface area (Å²) >= 11 is 0. The molecule has 2 fully saturated rings. The maximum absolute atomic E-state index is 11.9. The molecule has 0 spiro atoms. The van der Waals surface area contributed by atoms with Crippen LogP contribution in [0.2, 0.25) is 0 Å². The quantitative estimate of drug-likeness (QED) is 0.649. The van der Waals surface area contributed by atoms with E-state index in [1.165, 1.54) is 0 Å². The predicted octanol–water partition coefficient (Wildman–Crippen LogP) is 2.16. The van der Waals surface area contributed by atoms with Gasteiger partial charge in [0.1, 0.15) is 18.0 Å². The van der Waals surface area contributed by atoms with Crippen molar-refractivity contribution in [2.45, 2.75) is 45.4 Å². The van der Waals surface area contributed by atoms with Crippen molar-refractivity contribution in [1.29, 1.82) is 0 Å².